The SMILES string of the molecule is CCCC(Cc1ccccc1)NC(=O)[C@@H](N)C(C)(C)C.Cl. The summed E-state index contributed by atoms with van der Waals surface area (Å²) < 4.78 is 0. The maximum atomic E-state index is 12.2. The lowest BCUT2D eigenvalue weighted by molar-refractivity contribution is -0.125. The van der Waals surface area contributed by atoms with E-state index in [0.717, 1.165) is 19.3 Å². The van der Waals surface area contributed by atoms with E-state index in [9.17, 15) is 4.79 Å². The molecule has 0 radical (unpaired) electrons. The number of rotatable bonds is 6. The predicted octanol–water partition coefficient (Wildman–Crippen LogP) is 3.31. The van der Waals surface area contributed by atoms with E-state index in [4.69, 9.17) is 5.73 Å². The first-order chi connectivity index (χ1) is 9.34. The molecule has 4 heteroatoms. The van der Waals surface area contributed by atoms with Gasteiger partial charge in [0.25, 0.3) is 0 Å². The van der Waals surface area contributed by atoms with Gasteiger partial charge in [0.2, 0.25) is 5.91 Å². The molecule has 1 unspecified atom stereocenters. The summed E-state index contributed by atoms with van der Waals surface area (Å²) in [6.45, 7) is 8.10. The zero-order chi connectivity index (χ0) is 15.2. The molecule has 0 aromatic heterocycles. The quantitative estimate of drug-likeness (QED) is 0.846. The van der Waals surface area contributed by atoms with Crippen LogP contribution in [0.25, 0.3) is 0 Å². The van der Waals surface area contributed by atoms with Crippen molar-refractivity contribution in [3.05, 3.63) is 35.9 Å². The van der Waals surface area contributed by atoms with Crippen LogP contribution in [0.2, 0.25) is 0 Å². The highest BCUT2D eigenvalue weighted by Crippen LogP contribution is 2.18. The second kappa shape index (κ2) is 9.06. The zero-order valence-electron chi connectivity index (χ0n) is 13.6. The van der Waals surface area contributed by atoms with Gasteiger partial charge >= 0.3 is 0 Å². The average molecular weight is 313 g/mol. The van der Waals surface area contributed by atoms with E-state index < -0.39 is 6.04 Å². The molecule has 0 fully saturated rings. The summed E-state index contributed by atoms with van der Waals surface area (Å²) in [4.78, 5) is 12.2. The van der Waals surface area contributed by atoms with Crippen LogP contribution in [0.5, 0.6) is 0 Å². The Kier molecular flexibility index (Phi) is 8.60. The molecule has 1 aromatic carbocycles. The van der Waals surface area contributed by atoms with Gasteiger partial charge in [0, 0.05) is 6.04 Å². The second-order valence-corrected chi connectivity index (χ2v) is 6.53. The number of carbonyl (C=O) groups excluding carboxylic acids is 1. The molecule has 0 aliphatic heterocycles. The second-order valence-electron chi connectivity index (χ2n) is 6.53. The summed E-state index contributed by atoms with van der Waals surface area (Å²) in [7, 11) is 0. The number of halogens is 1. The van der Waals surface area contributed by atoms with Gasteiger partial charge in [-0.1, -0.05) is 64.4 Å². The van der Waals surface area contributed by atoms with Crippen molar-refractivity contribution in [2.24, 2.45) is 11.1 Å². The standard InChI is InChI=1S/C17H28N2O.ClH/c1-5-9-14(12-13-10-7-6-8-11-13)19-16(20)15(18)17(2,3)4;/h6-8,10-11,14-15H,5,9,12,18H2,1-4H3,(H,19,20);1H/t14?,15-;/m1./s1. The van der Waals surface area contributed by atoms with Crippen LogP contribution in [0.15, 0.2) is 30.3 Å². The summed E-state index contributed by atoms with van der Waals surface area (Å²) in [5.41, 5.74) is 7.05. The maximum Gasteiger partial charge on any atom is 0.237 e. The topological polar surface area (TPSA) is 55.1 Å². The minimum absolute atomic E-state index is 0. The predicted molar refractivity (Wildman–Crippen MR) is 91.7 cm³/mol. The highest BCUT2D eigenvalue weighted by Gasteiger charge is 2.28. The molecule has 0 aliphatic rings. The minimum Gasteiger partial charge on any atom is -0.352 e. The van der Waals surface area contributed by atoms with Crippen LogP contribution >= 0.6 is 12.4 Å². The third-order valence-corrected chi connectivity index (χ3v) is 3.52. The van der Waals surface area contributed by atoms with E-state index in [0.29, 0.717) is 0 Å². The lowest BCUT2D eigenvalue weighted by Crippen LogP contribution is -2.51. The van der Waals surface area contributed by atoms with Gasteiger partial charge in [-0.3, -0.25) is 4.79 Å². The smallest absolute Gasteiger partial charge is 0.237 e. The van der Waals surface area contributed by atoms with Crippen LogP contribution in [0.3, 0.4) is 0 Å². The molecule has 0 aliphatic carbocycles. The molecule has 2 atom stereocenters. The van der Waals surface area contributed by atoms with Crippen LogP contribution in [-0.2, 0) is 11.2 Å². The fourth-order valence-corrected chi connectivity index (χ4v) is 2.16. The molecule has 1 aromatic rings. The van der Waals surface area contributed by atoms with Crippen molar-refractivity contribution in [1.29, 1.82) is 0 Å². The zero-order valence-corrected chi connectivity index (χ0v) is 14.4. The van der Waals surface area contributed by atoms with Gasteiger partial charge in [0.15, 0.2) is 0 Å². The number of hydrogen-bond donors (Lipinski definition) is 2. The van der Waals surface area contributed by atoms with Crippen LogP contribution in [-0.4, -0.2) is 18.0 Å². The number of carbonyl (C=O) groups is 1. The van der Waals surface area contributed by atoms with E-state index in [1.807, 2.05) is 39.0 Å². The highest BCUT2D eigenvalue weighted by molar-refractivity contribution is 5.85. The lowest BCUT2D eigenvalue weighted by Gasteiger charge is -2.28. The Morgan fingerprint density at radius 3 is 2.29 bits per heavy atom. The average Bonchev–Trinajstić information content (AvgIpc) is 2.38. The Morgan fingerprint density at radius 1 is 1.24 bits per heavy atom. The highest BCUT2D eigenvalue weighted by atomic mass is 35.5. The van der Waals surface area contributed by atoms with Gasteiger partial charge in [-0.25, -0.2) is 0 Å². The first kappa shape index (κ1) is 19.9. The molecular weight excluding hydrogens is 284 g/mol. The number of amides is 1. The Labute approximate surface area is 135 Å². The van der Waals surface area contributed by atoms with Crippen LogP contribution in [0.4, 0.5) is 0 Å². The lowest BCUT2D eigenvalue weighted by atomic mass is 9.86. The number of nitrogens with two attached hydrogens (primary N) is 1. The Bertz CT molecular complexity index is 415. The van der Waals surface area contributed by atoms with Crippen molar-refractivity contribution >= 4 is 18.3 Å². The van der Waals surface area contributed by atoms with Crippen LogP contribution < -0.4 is 11.1 Å². The molecular formula is C17H29ClN2O. The van der Waals surface area contributed by atoms with Gasteiger partial charge in [0.05, 0.1) is 6.04 Å². The van der Waals surface area contributed by atoms with E-state index in [1.165, 1.54) is 5.56 Å². The van der Waals surface area contributed by atoms with Crippen molar-refractivity contribution in [2.45, 2.75) is 59.0 Å². The maximum absolute atomic E-state index is 12.2. The summed E-state index contributed by atoms with van der Waals surface area (Å²) in [5.74, 6) is -0.0492. The molecule has 21 heavy (non-hydrogen) atoms. The van der Waals surface area contributed by atoms with Crippen LogP contribution in [0.1, 0.15) is 46.1 Å². The molecule has 0 bridgehead atoms. The number of hydrogen-bond acceptors (Lipinski definition) is 2. The number of benzene rings is 1. The Morgan fingerprint density at radius 2 is 1.81 bits per heavy atom. The largest absolute Gasteiger partial charge is 0.352 e. The summed E-state index contributed by atoms with van der Waals surface area (Å²) in [6, 6.07) is 9.94. The molecule has 1 amide bonds. The molecule has 1 rings (SSSR count). The summed E-state index contributed by atoms with van der Waals surface area (Å²) >= 11 is 0. The Balaban J connectivity index is 0.00000400. The first-order valence-corrected chi connectivity index (χ1v) is 7.44. The fraction of sp³-hybridized carbons (Fsp3) is 0.588. The monoisotopic (exact) mass is 312 g/mol. The van der Waals surface area contributed by atoms with Gasteiger partial charge < -0.3 is 11.1 Å². The third-order valence-electron chi connectivity index (χ3n) is 3.52. The summed E-state index contributed by atoms with van der Waals surface area (Å²) in [5, 5.41) is 3.11. The van der Waals surface area contributed by atoms with Gasteiger partial charge in [-0.15, -0.1) is 12.4 Å². The first-order valence-electron chi connectivity index (χ1n) is 7.44. The third kappa shape index (κ3) is 6.96. The van der Waals surface area contributed by atoms with Gasteiger partial charge in [-0.05, 0) is 23.8 Å². The molecule has 0 heterocycles. The van der Waals surface area contributed by atoms with Gasteiger partial charge in [-0.2, -0.15) is 0 Å². The normalized spacial score (nSPS) is 14.0. The van der Waals surface area contributed by atoms with Gasteiger partial charge in [0.1, 0.15) is 0 Å². The molecule has 3 nitrogen and oxygen atoms in total. The molecule has 120 valence electrons. The molecule has 0 spiro atoms. The van der Waals surface area contributed by atoms with E-state index >= 15 is 0 Å². The van der Waals surface area contributed by atoms with Crippen LogP contribution in [0, 0.1) is 5.41 Å². The number of nitrogens with one attached hydrogen (secondary N) is 1. The van der Waals surface area contributed by atoms with Crippen molar-refractivity contribution in [3.8, 4) is 0 Å². The van der Waals surface area contributed by atoms with Crippen molar-refractivity contribution < 1.29 is 4.79 Å². The summed E-state index contributed by atoms with van der Waals surface area (Å²) in [6.07, 6.45) is 2.87. The minimum atomic E-state index is -0.474. The van der Waals surface area contributed by atoms with Crippen molar-refractivity contribution in [1.82, 2.24) is 5.32 Å². The molecule has 0 saturated carbocycles. The van der Waals surface area contributed by atoms with E-state index in [-0.39, 0.29) is 29.8 Å². The molecule has 3 N–H and O–H groups in total. The van der Waals surface area contributed by atoms with Crippen molar-refractivity contribution in [2.75, 3.05) is 0 Å². The van der Waals surface area contributed by atoms with Crippen molar-refractivity contribution in [3.63, 3.8) is 0 Å². The fourth-order valence-electron chi connectivity index (χ4n) is 2.16. The van der Waals surface area contributed by atoms with E-state index in [2.05, 4.69) is 24.4 Å². The molecule has 0 saturated heterocycles. The Hall–Kier alpha value is -1.06. The van der Waals surface area contributed by atoms with E-state index in [1.54, 1.807) is 0 Å².